The zero-order valence-corrected chi connectivity index (χ0v) is 19.4. The summed E-state index contributed by atoms with van der Waals surface area (Å²) in [4.78, 5) is 29.3. The Bertz CT molecular complexity index is 947. The summed E-state index contributed by atoms with van der Waals surface area (Å²) >= 11 is 0. The number of aryl methyl sites for hydroxylation is 1. The summed E-state index contributed by atoms with van der Waals surface area (Å²) < 4.78 is 10.6. The van der Waals surface area contributed by atoms with Crippen LogP contribution < -0.4 is 14.8 Å². The molecule has 0 saturated carbocycles. The molecule has 1 atom stereocenters. The van der Waals surface area contributed by atoms with Crippen molar-refractivity contribution in [1.29, 1.82) is 0 Å². The zero-order chi connectivity index (χ0) is 23.1. The van der Waals surface area contributed by atoms with Crippen molar-refractivity contribution in [2.45, 2.75) is 26.2 Å². The average molecular weight is 440 g/mol. The maximum atomic E-state index is 13.0. The van der Waals surface area contributed by atoms with Crippen molar-refractivity contribution in [3.8, 4) is 11.5 Å². The minimum atomic E-state index is -0.178. The summed E-state index contributed by atoms with van der Waals surface area (Å²) in [5.41, 5.74) is 2.94. The van der Waals surface area contributed by atoms with Crippen LogP contribution in [0.3, 0.4) is 0 Å². The van der Waals surface area contributed by atoms with Crippen molar-refractivity contribution >= 4 is 17.6 Å². The van der Waals surface area contributed by atoms with Gasteiger partial charge in [0.2, 0.25) is 5.91 Å². The minimum absolute atomic E-state index is 0.0820. The number of carbonyl (C=O) groups is 2. The second kappa shape index (κ2) is 10.9. The summed E-state index contributed by atoms with van der Waals surface area (Å²) in [5, 5.41) is 2.95. The summed E-state index contributed by atoms with van der Waals surface area (Å²) in [6.07, 6.45) is 2.34. The highest BCUT2D eigenvalue weighted by Crippen LogP contribution is 2.28. The minimum Gasteiger partial charge on any atom is -0.493 e. The van der Waals surface area contributed by atoms with Gasteiger partial charge in [-0.25, -0.2) is 4.79 Å². The fraction of sp³-hybridized carbons (Fsp3) is 0.440. The number of ether oxygens (including phenoxy) is 2. The van der Waals surface area contributed by atoms with Crippen molar-refractivity contribution in [1.82, 2.24) is 9.80 Å². The van der Waals surface area contributed by atoms with Gasteiger partial charge in [0.1, 0.15) is 0 Å². The Hall–Kier alpha value is -3.22. The van der Waals surface area contributed by atoms with Gasteiger partial charge >= 0.3 is 6.03 Å². The molecule has 172 valence electrons. The molecule has 0 radical (unpaired) electrons. The highest BCUT2D eigenvalue weighted by Gasteiger charge is 2.30. The zero-order valence-electron chi connectivity index (χ0n) is 19.4. The number of hydrogen-bond donors (Lipinski definition) is 1. The predicted molar refractivity (Wildman–Crippen MR) is 125 cm³/mol. The largest absolute Gasteiger partial charge is 0.493 e. The molecular formula is C25H33N3O4. The lowest BCUT2D eigenvalue weighted by Gasteiger charge is -2.34. The number of anilines is 1. The number of piperidine rings is 1. The van der Waals surface area contributed by atoms with E-state index in [0.717, 1.165) is 29.7 Å². The second-order valence-electron chi connectivity index (χ2n) is 8.28. The number of likely N-dealkylation sites (N-methyl/N-ethyl adjacent to an activating group) is 1. The Morgan fingerprint density at radius 1 is 1.12 bits per heavy atom. The molecule has 1 aliphatic heterocycles. The number of nitrogens with zero attached hydrogens (tertiary/aromatic N) is 2. The molecule has 1 saturated heterocycles. The fourth-order valence-electron chi connectivity index (χ4n) is 4.04. The predicted octanol–water partition coefficient (Wildman–Crippen LogP) is 3.96. The molecule has 1 heterocycles. The van der Waals surface area contributed by atoms with Gasteiger partial charge in [-0.05, 0) is 61.6 Å². The van der Waals surface area contributed by atoms with Crippen LogP contribution in [0.4, 0.5) is 10.5 Å². The molecule has 1 N–H and O–H groups in total. The van der Waals surface area contributed by atoms with E-state index in [1.54, 1.807) is 24.0 Å². The third kappa shape index (κ3) is 5.93. The van der Waals surface area contributed by atoms with Crippen molar-refractivity contribution in [3.05, 3.63) is 53.6 Å². The van der Waals surface area contributed by atoms with Crippen molar-refractivity contribution in [2.24, 2.45) is 5.92 Å². The standard InChI is InChI=1S/C25H33N3O4/c1-18-7-5-9-21(15-18)26-25(30)28-13-6-8-20(17-28)24(29)27(2)14-12-19-10-11-22(31-3)23(16-19)32-4/h5,7,9-11,15-16,20H,6,8,12-14,17H2,1-4H3,(H,26,30). The maximum Gasteiger partial charge on any atom is 0.321 e. The number of methoxy groups -OCH3 is 2. The van der Waals surface area contributed by atoms with Gasteiger partial charge in [-0.15, -0.1) is 0 Å². The molecule has 0 bridgehead atoms. The highest BCUT2D eigenvalue weighted by molar-refractivity contribution is 5.90. The quantitative estimate of drug-likeness (QED) is 0.709. The van der Waals surface area contributed by atoms with E-state index in [1.165, 1.54) is 0 Å². The van der Waals surface area contributed by atoms with Crippen LogP contribution in [0.5, 0.6) is 11.5 Å². The normalized spacial score (nSPS) is 15.8. The molecule has 1 fully saturated rings. The number of hydrogen-bond acceptors (Lipinski definition) is 4. The molecule has 7 nitrogen and oxygen atoms in total. The molecule has 3 rings (SSSR count). The number of nitrogens with one attached hydrogen (secondary N) is 1. The molecule has 0 spiro atoms. The third-order valence-corrected chi connectivity index (χ3v) is 5.89. The maximum absolute atomic E-state index is 13.0. The van der Waals surface area contributed by atoms with Gasteiger partial charge in [0.15, 0.2) is 11.5 Å². The lowest BCUT2D eigenvalue weighted by molar-refractivity contribution is -0.135. The Morgan fingerprint density at radius 3 is 2.62 bits per heavy atom. The Labute approximate surface area is 190 Å². The smallest absolute Gasteiger partial charge is 0.321 e. The Kier molecular flexibility index (Phi) is 7.98. The topological polar surface area (TPSA) is 71.1 Å². The van der Waals surface area contributed by atoms with Gasteiger partial charge in [-0.2, -0.15) is 0 Å². The van der Waals surface area contributed by atoms with Crippen LogP contribution in [-0.4, -0.2) is 62.6 Å². The van der Waals surface area contributed by atoms with Crippen LogP contribution in [-0.2, 0) is 11.2 Å². The van der Waals surface area contributed by atoms with Gasteiger partial charge in [-0.3, -0.25) is 4.79 Å². The first kappa shape index (κ1) is 23.4. The van der Waals surface area contributed by atoms with E-state index in [-0.39, 0.29) is 17.9 Å². The summed E-state index contributed by atoms with van der Waals surface area (Å²) in [5.74, 6) is 1.27. The second-order valence-corrected chi connectivity index (χ2v) is 8.28. The van der Waals surface area contributed by atoms with E-state index < -0.39 is 0 Å². The number of urea groups is 1. The van der Waals surface area contributed by atoms with E-state index in [4.69, 9.17) is 9.47 Å². The molecule has 2 aromatic rings. The highest BCUT2D eigenvalue weighted by atomic mass is 16.5. The molecule has 0 aliphatic carbocycles. The van der Waals surface area contributed by atoms with Crippen molar-refractivity contribution in [2.75, 3.05) is 46.2 Å². The van der Waals surface area contributed by atoms with Crippen LogP contribution in [0.25, 0.3) is 0 Å². The first-order chi connectivity index (χ1) is 15.4. The Morgan fingerprint density at radius 2 is 1.91 bits per heavy atom. The van der Waals surface area contributed by atoms with Crippen LogP contribution in [0.1, 0.15) is 24.0 Å². The number of benzene rings is 2. The van der Waals surface area contributed by atoms with E-state index >= 15 is 0 Å². The van der Waals surface area contributed by atoms with E-state index in [2.05, 4.69) is 5.32 Å². The molecule has 3 amide bonds. The number of amides is 3. The van der Waals surface area contributed by atoms with Crippen LogP contribution in [0.15, 0.2) is 42.5 Å². The van der Waals surface area contributed by atoms with Gasteiger partial charge in [0.05, 0.1) is 20.1 Å². The summed E-state index contributed by atoms with van der Waals surface area (Å²) in [6, 6.07) is 13.4. The fourth-order valence-corrected chi connectivity index (χ4v) is 4.04. The summed E-state index contributed by atoms with van der Waals surface area (Å²) in [7, 11) is 5.05. The molecule has 1 unspecified atom stereocenters. The van der Waals surface area contributed by atoms with Crippen molar-refractivity contribution < 1.29 is 19.1 Å². The van der Waals surface area contributed by atoms with Gasteiger partial charge in [0.25, 0.3) is 0 Å². The van der Waals surface area contributed by atoms with Gasteiger partial charge in [-0.1, -0.05) is 18.2 Å². The first-order valence-electron chi connectivity index (χ1n) is 11.0. The number of likely N-dealkylation sites (tertiary alicyclic amines) is 1. The molecule has 1 aliphatic rings. The monoisotopic (exact) mass is 439 g/mol. The van der Waals surface area contributed by atoms with Crippen molar-refractivity contribution in [3.63, 3.8) is 0 Å². The van der Waals surface area contributed by atoms with Crippen LogP contribution in [0.2, 0.25) is 0 Å². The molecule has 2 aromatic carbocycles. The third-order valence-electron chi connectivity index (χ3n) is 5.89. The SMILES string of the molecule is COc1ccc(CCN(C)C(=O)C2CCCN(C(=O)Nc3cccc(C)c3)C2)cc1OC. The molecule has 0 aromatic heterocycles. The lowest BCUT2D eigenvalue weighted by Crippen LogP contribution is -2.47. The van der Waals surface area contributed by atoms with Crippen LogP contribution in [0, 0.1) is 12.8 Å². The van der Waals surface area contributed by atoms with E-state index in [9.17, 15) is 9.59 Å². The van der Waals surface area contributed by atoms with E-state index in [1.807, 2.05) is 56.4 Å². The Balaban J connectivity index is 1.54. The molecule has 7 heteroatoms. The van der Waals surface area contributed by atoms with Gasteiger partial charge in [0, 0.05) is 32.4 Å². The number of rotatable bonds is 7. The summed E-state index contributed by atoms with van der Waals surface area (Å²) in [6.45, 7) is 3.69. The van der Waals surface area contributed by atoms with Crippen LogP contribution >= 0.6 is 0 Å². The van der Waals surface area contributed by atoms with E-state index in [0.29, 0.717) is 37.6 Å². The molecular weight excluding hydrogens is 406 g/mol. The molecule has 32 heavy (non-hydrogen) atoms. The van der Waals surface area contributed by atoms with Gasteiger partial charge < -0.3 is 24.6 Å². The lowest BCUT2D eigenvalue weighted by atomic mass is 9.96. The number of carbonyl (C=O) groups excluding carboxylic acids is 2. The first-order valence-corrected chi connectivity index (χ1v) is 11.0. The average Bonchev–Trinajstić information content (AvgIpc) is 2.81.